The number of nitrogens with one attached hydrogen (secondary N) is 1. The van der Waals surface area contributed by atoms with E-state index >= 15 is 0 Å². The van der Waals surface area contributed by atoms with Crippen molar-refractivity contribution in [1.29, 1.82) is 0 Å². The van der Waals surface area contributed by atoms with Crippen molar-refractivity contribution in [3.63, 3.8) is 0 Å². The third-order valence-corrected chi connectivity index (χ3v) is 4.65. The van der Waals surface area contributed by atoms with Gasteiger partial charge in [-0.25, -0.2) is 4.98 Å². The first-order valence-electron chi connectivity index (χ1n) is 8.27. The van der Waals surface area contributed by atoms with Crippen LogP contribution in [0.2, 0.25) is 5.02 Å². The van der Waals surface area contributed by atoms with Crippen molar-refractivity contribution in [3.8, 4) is 0 Å². The molecule has 0 bridgehead atoms. The van der Waals surface area contributed by atoms with Crippen LogP contribution in [-0.2, 0) is 11.3 Å². The van der Waals surface area contributed by atoms with Gasteiger partial charge in [0, 0.05) is 24.4 Å². The highest BCUT2D eigenvalue weighted by atomic mass is 35.5. The molecule has 1 aliphatic carbocycles. The maximum absolute atomic E-state index is 12.0. The summed E-state index contributed by atoms with van der Waals surface area (Å²) in [7, 11) is 0. The first-order valence-corrected chi connectivity index (χ1v) is 8.65. The third kappa shape index (κ3) is 3.61. The monoisotopic (exact) mass is 355 g/mol. The van der Waals surface area contributed by atoms with Crippen molar-refractivity contribution in [1.82, 2.24) is 14.7 Å². The lowest BCUT2D eigenvalue weighted by atomic mass is 10.3. The molecule has 2 atom stereocenters. The maximum atomic E-state index is 12.0. The minimum absolute atomic E-state index is 0.187. The normalized spacial score (nSPS) is 19.6. The van der Waals surface area contributed by atoms with E-state index in [1.165, 1.54) is 12.5 Å². The molecule has 1 saturated carbocycles. The van der Waals surface area contributed by atoms with Crippen molar-refractivity contribution in [2.45, 2.75) is 25.8 Å². The van der Waals surface area contributed by atoms with Crippen molar-refractivity contribution in [3.05, 3.63) is 65.0 Å². The van der Waals surface area contributed by atoms with Crippen LogP contribution in [0.1, 0.15) is 36.5 Å². The molecule has 3 aromatic heterocycles. The Morgan fingerprint density at radius 2 is 2.24 bits per heavy atom. The number of furan rings is 1. The van der Waals surface area contributed by atoms with Crippen LogP contribution in [0.5, 0.6) is 0 Å². The third-order valence-electron chi connectivity index (χ3n) is 4.43. The molecule has 1 amide bonds. The van der Waals surface area contributed by atoms with Crippen molar-refractivity contribution >= 4 is 29.2 Å². The van der Waals surface area contributed by atoms with E-state index in [1.807, 2.05) is 28.8 Å². The van der Waals surface area contributed by atoms with E-state index < -0.39 is 0 Å². The lowest BCUT2D eigenvalue weighted by Crippen LogP contribution is -2.20. The largest absolute Gasteiger partial charge is 0.461 e. The average Bonchev–Trinajstić information content (AvgIpc) is 3.01. The number of fused-ring (bicyclic) bond motifs is 1. The van der Waals surface area contributed by atoms with Crippen LogP contribution in [0.25, 0.3) is 11.7 Å². The zero-order valence-electron chi connectivity index (χ0n) is 13.8. The first-order chi connectivity index (χ1) is 12.1. The molecular formula is C19H18ClN3O2. The van der Waals surface area contributed by atoms with Crippen LogP contribution in [0.15, 0.2) is 47.2 Å². The Bertz CT molecular complexity index is 957. The molecular weight excluding hydrogens is 338 g/mol. The first kappa shape index (κ1) is 16.0. The summed E-state index contributed by atoms with van der Waals surface area (Å²) in [6, 6.07) is 7.52. The summed E-state index contributed by atoms with van der Waals surface area (Å²) in [5.41, 5.74) is 1.56. The molecule has 0 aliphatic heterocycles. The van der Waals surface area contributed by atoms with Gasteiger partial charge in [-0.05, 0) is 42.7 Å². The Hall–Kier alpha value is -2.53. The van der Waals surface area contributed by atoms with E-state index in [0.29, 0.717) is 29.2 Å². The molecule has 0 spiro atoms. The van der Waals surface area contributed by atoms with E-state index in [1.54, 1.807) is 18.3 Å². The molecule has 0 saturated heterocycles. The molecule has 25 heavy (non-hydrogen) atoms. The summed E-state index contributed by atoms with van der Waals surface area (Å²) in [5.74, 6) is 2.77. The van der Waals surface area contributed by atoms with Gasteiger partial charge in [0.2, 0.25) is 5.91 Å². The molecule has 0 unspecified atom stereocenters. The highest BCUT2D eigenvalue weighted by Crippen LogP contribution is 2.47. The number of rotatable bonds is 5. The summed E-state index contributed by atoms with van der Waals surface area (Å²) < 4.78 is 7.58. The van der Waals surface area contributed by atoms with Gasteiger partial charge in [0.05, 0.1) is 17.3 Å². The summed E-state index contributed by atoms with van der Waals surface area (Å²) in [5, 5.41) is 3.46. The fraction of sp³-hybridized carbons (Fsp3) is 0.263. The summed E-state index contributed by atoms with van der Waals surface area (Å²) in [6.45, 7) is 2.56. The number of halogens is 1. The van der Waals surface area contributed by atoms with Gasteiger partial charge in [0.25, 0.3) is 0 Å². The molecule has 4 rings (SSSR count). The molecule has 6 heteroatoms. The van der Waals surface area contributed by atoms with Crippen LogP contribution < -0.4 is 5.32 Å². The molecule has 0 aromatic carbocycles. The number of hydrogen-bond donors (Lipinski definition) is 1. The standard InChI is InChI=1S/C19H18ClN3O2/c1-12-8-16(12)17-5-3-15(25-17)4-7-19(24)21-9-14-11-23-10-13(20)2-6-18(23)22-14/h2-7,10-12,16H,8-9H2,1H3,(H,21,24)/b7-4+/t12-,16+/m1/s1. The Balaban J connectivity index is 1.34. The van der Waals surface area contributed by atoms with Gasteiger partial charge in [-0.15, -0.1) is 0 Å². The molecule has 1 fully saturated rings. The number of imidazole rings is 1. The molecule has 3 aromatic rings. The van der Waals surface area contributed by atoms with Crippen molar-refractivity contribution in [2.24, 2.45) is 5.92 Å². The Morgan fingerprint density at radius 1 is 1.40 bits per heavy atom. The van der Waals surface area contributed by atoms with Gasteiger partial charge < -0.3 is 14.1 Å². The minimum Gasteiger partial charge on any atom is -0.461 e. The lowest BCUT2D eigenvalue weighted by Gasteiger charge is -1.97. The number of carbonyl (C=O) groups excluding carboxylic acids is 1. The smallest absolute Gasteiger partial charge is 0.244 e. The summed E-state index contributed by atoms with van der Waals surface area (Å²) in [6.07, 6.45) is 7.98. The van der Waals surface area contributed by atoms with Gasteiger partial charge >= 0.3 is 0 Å². The SMILES string of the molecule is C[C@@H]1C[C@@H]1c1ccc(/C=C/C(=O)NCc2cn3cc(Cl)ccc3n2)o1. The molecule has 0 radical (unpaired) electrons. The predicted octanol–water partition coefficient (Wildman–Crippen LogP) is 4.03. The van der Waals surface area contributed by atoms with Crippen LogP contribution in [0, 0.1) is 5.92 Å². The fourth-order valence-electron chi connectivity index (χ4n) is 2.87. The number of hydrogen-bond acceptors (Lipinski definition) is 3. The van der Waals surface area contributed by atoms with Crippen LogP contribution in [0.4, 0.5) is 0 Å². The Labute approximate surface area is 150 Å². The molecule has 128 valence electrons. The van der Waals surface area contributed by atoms with Gasteiger partial charge in [-0.3, -0.25) is 4.79 Å². The summed E-state index contributed by atoms with van der Waals surface area (Å²) >= 11 is 5.95. The zero-order valence-corrected chi connectivity index (χ0v) is 14.5. The van der Waals surface area contributed by atoms with Crippen LogP contribution >= 0.6 is 11.6 Å². The number of nitrogens with zero attached hydrogens (tertiary/aromatic N) is 2. The van der Waals surface area contributed by atoms with Gasteiger partial charge in [0.15, 0.2) is 0 Å². The van der Waals surface area contributed by atoms with Crippen molar-refractivity contribution < 1.29 is 9.21 Å². The van der Waals surface area contributed by atoms with E-state index in [2.05, 4.69) is 17.2 Å². The van der Waals surface area contributed by atoms with E-state index in [0.717, 1.165) is 17.1 Å². The van der Waals surface area contributed by atoms with E-state index in [-0.39, 0.29) is 5.91 Å². The average molecular weight is 356 g/mol. The molecule has 1 aliphatic rings. The number of carbonyl (C=O) groups is 1. The molecule has 1 N–H and O–H groups in total. The quantitative estimate of drug-likeness (QED) is 0.703. The Kier molecular flexibility index (Phi) is 4.09. The highest BCUT2D eigenvalue weighted by molar-refractivity contribution is 6.30. The van der Waals surface area contributed by atoms with Crippen LogP contribution in [0.3, 0.4) is 0 Å². The van der Waals surface area contributed by atoms with Gasteiger partial charge in [-0.1, -0.05) is 18.5 Å². The van der Waals surface area contributed by atoms with Gasteiger partial charge in [0.1, 0.15) is 17.2 Å². The zero-order chi connectivity index (χ0) is 17.4. The maximum Gasteiger partial charge on any atom is 0.244 e. The second-order valence-electron chi connectivity index (χ2n) is 6.46. The van der Waals surface area contributed by atoms with Gasteiger partial charge in [-0.2, -0.15) is 0 Å². The second kappa shape index (κ2) is 6.41. The number of aromatic nitrogens is 2. The minimum atomic E-state index is -0.187. The Morgan fingerprint density at radius 3 is 3.04 bits per heavy atom. The topological polar surface area (TPSA) is 59.5 Å². The fourth-order valence-corrected chi connectivity index (χ4v) is 3.04. The molecule has 3 heterocycles. The highest BCUT2D eigenvalue weighted by Gasteiger charge is 2.36. The van der Waals surface area contributed by atoms with Crippen molar-refractivity contribution in [2.75, 3.05) is 0 Å². The number of pyridine rings is 1. The van der Waals surface area contributed by atoms with E-state index in [4.69, 9.17) is 16.0 Å². The summed E-state index contributed by atoms with van der Waals surface area (Å²) in [4.78, 5) is 16.4. The van der Waals surface area contributed by atoms with Crippen LogP contribution in [-0.4, -0.2) is 15.3 Å². The predicted molar refractivity (Wildman–Crippen MR) is 96.3 cm³/mol. The molecule has 5 nitrogen and oxygen atoms in total. The number of amides is 1. The van der Waals surface area contributed by atoms with E-state index in [9.17, 15) is 4.79 Å². The second-order valence-corrected chi connectivity index (χ2v) is 6.89. The lowest BCUT2D eigenvalue weighted by molar-refractivity contribution is -0.116.